The van der Waals surface area contributed by atoms with Gasteiger partial charge in [-0.05, 0) is 44.0 Å². The maximum absolute atomic E-state index is 13.4. The molecule has 184 valence electrons. The molecule has 0 saturated carbocycles. The van der Waals surface area contributed by atoms with Crippen LogP contribution in [0, 0.1) is 0 Å². The first-order valence-corrected chi connectivity index (χ1v) is 12.6. The molecule has 0 radical (unpaired) electrons. The van der Waals surface area contributed by atoms with Crippen LogP contribution < -0.4 is 4.74 Å². The number of hydrogen-bond acceptors (Lipinski definition) is 5. The molecule has 9 heteroatoms. The molecule has 4 heterocycles. The van der Waals surface area contributed by atoms with Gasteiger partial charge in [0.25, 0.3) is 5.91 Å². The molecule has 1 unspecified atom stereocenters. The highest BCUT2D eigenvalue weighted by Crippen LogP contribution is 2.27. The molecule has 8 nitrogen and oxygen atoms in total. The number of nitrogens with zero attached hydrogens (tertiary/aromatic N) is 5. The number of rotatable bonds is 6. The molecule has 0 N–H and O–H groups in total. The van der Waals surface area contributed by atoms with E-state index in [1.54, 1.807) is 17.0 Å². The Balaban J connectivity index is 1.20. The van der Waals surface area contributed by atoms with Crippen molar-refractivity contribution in [1.82, 2.24) is 24.1 Å². The van der Waals surface area contributed by atoms with Gasteiger partial charge in [0.2, 0.25) is 5.91 Å². The first-order valence-electron chi connectivity index (χ1n) is 12.2. The molecule has 5 rings (SSSR count). The SMILES string of the molecule is CCOc1ccccc1C(=O)N1CCCC1C(=O)N1CCN(Cc2cn3cc(Cl)ccc3n2)CC1. The summed E-state index contributed by atoms with van der Waals surface area (Å²) in [6, 6.07) is 10.6. The molecular formula is C26H30ClN5O3. The second-order valence-corrected chi connectivity index (χ2v) is 9.47. The summed E-state index contributed by atoms with van der Waals surface area (Å²) in [4.78, 5) is 37.4. The molecule has 2 fully saturated rings. The average molecular weight is 496 g/mol. The topological polar surface area (TPSA) is 70.4 Å². The van der Waals surface area contributed by atoms with Crippen molar-refractivity contribution in [3.8, 4) is 5.75 Å². The van der Waals surface area contributed by atoms with Crippen LogP contribution >= 0.6 is 11.6 Å². The number of carbonyl (C=O) groups is 2. The summed E-state index contributed by atoms with van der Waals surface area (Å²) in [7, 11) is 0. The molecule has 2 amide bonds. The van der Waals surface area contributed by atoms with Crippen LogP contribution in [0.25, 0.3) is 5.65 Å². The Labute approximate surface area is 210 Å². The standard InChI is InChI=1S/C26H30ClN5O3/c1-2-35-23-8-4-3-6-21(23)25(33)32-11-5-7-22(32)26(34)30-14-12-29(13-15-30)17-20-18-31-16-19(27)9-10-24(31)28-20/h3-4,6,8-10,16,18,22H,2,5,7,11-15,17H2,1H3. The Bertz CT molecular complexity index is 1220. The van der Waals surface area contributed by atoms with E-state index in [9.17, 15) is 9.59 Å². The number of amides is 2. The summed E-state index contributed by atoms with van der Waals surface area (Å²) in [5.74, 6) is 0.489. The monoisotopic (exact) mass is 495 g/mol. The number of para-hydroxylation sites is 1. The van der Waals surface area contributed by atoms with Crippen LogP contribution in [0.2, 0.25) is 5.02 Å². The number of halogens is 1. The number of likely N-dealkylation sites (tertiary alicyclic amines) is 1. The van der Waals surface area contributed by atoms with Crippen LogP contribution in [0.3, 0.4) is 0 Å². The number of piperazine rings is 1. The molecule has 2 saturated heterocycles. The van der Waals surface area contributed by atoms with E-state index in [-0.39, 0.29) is 11.8 Å². The zero-order valence-corrected chi connectivity index (χ0v) is 20.7. The largest absolute Gasteiger partial charge is 0.493 e. The third-order valence-corrected chi connectivity index (χ3v) is 6.97. The van der Waals surface area contributed by atoms with Gasteiger partial charge >= 0.3 is 0 Å². The van der Waals surface area contributed by atoms with E-state index >= 15 is 0 Å². The second kappa shape index (κ2) is 10.3. The number of pyridine rings is 1. The van der Waals surface area contributed by atoms with Gasteiger partial charge in [0.05, 0.1) is 22.9 Å². The highest BCUT2D eigenvalue weighted by Gasteiger charge is 2.38. The van der Waals surface area contributed by atoms with Gasteiger partial charge in [-0.15, -0.1) is 0 Å². The van der Waals surface area contributed by atoms with E-state index in [0.717, 1.165) is 37.4 Å². The van der Waals surface area contributed by atoms with E-state index in [2.05, 4.69) is 9.88 Å². The third-order valence-electron chi connectivity index (χ3n) is 6.75. The number of aromatic nitrogens is 2. The Morgan fingerprint density at radius 2 is 1.86 bits per heavy atom. The number of imidazole rings is 1. The fourth-order valence-corrected chi connectivity index (χ4v) is 5.17. The van der Waals surface area contributed by atoms with Crippen molar-refractivity contribution in [2.45, 2.75) is 32.4 Å². The number of hydrogen-bond donors (Lipinski definition) is 0. The molecule has 1 atom stereocenters. The summed E-state index contributed by atoms with van der Waals surface area (Å²) in [5.41, 5.74) is 2.37. The summed E-state index contributed by atoms with van der Waals surface area (Å²) < 4.78 is 7.59. The molecule has 2 aliphatic heterocycles. The highest BCUT2D eigenvalue weighted by molar-refractivity contribution is 6.30. The van der Waals surface area contributed by atoms with Gasteiger partial charge in [0.1, 0.15) is 17.4 Å². The van der Waals surface area contributed by atoms with Crippen LogP contribution in [0.4, 0.5) is 0 Å². The van der Waals surface area contributed by atoms with Gasteiger partial charge in [0, 0.05) is 51.7 Å². The molecule has 1 aromatic carbocycles. The van der Waals surface area contributed by atoms with Crippen LogP contribution in [-0.4, -0.2) is 81.3 Å². The Morgan fingerprint density at radius 3 is 2.66 bits per heavy atom. The third kappa shape index (κ3) is 4.99. The van der Waals surface area contributed by atoms with E-state index in [4.69, 9.17) is 16.3 Å². The zero-order chi connectivity index (χ0) is 24.4. The minimum Gasteiger partial charge on any atom is -0.493 e. The number of fused-ring (bicyclic) bond motifs is 1. The minimum atomic E-state index is -0.410. The van der Waals surface area contributed by atoms with Gasteiger partial charge in [-0.1, -0.05) is 23.7 Å². The molecule has 2 aromatic heterocycles. The molecule has 2 aliphatic rings. The maximum atomic E-state index is 13.4. The van der Waals surface area contributed by atoms with Crippen molar-refractivity contribution in [2.75, 3.05) is 39.3 Å². The van der Waals surface area contributed by atoms with E-state index < -0.39 is 6.04 Å². The Kier molecular flexibility index (Phi) is 6.92. The van der Waals surface area contributed by atoms with E-state index in [1.807, 2.05) is 52.9 Å². The lowest BCUT2D eigenvalue weighted by molar-refractivity contribution is -0.137. The Morgan fingerprint density at radius 1 is 1.06 bits per heavy atom. The lowest BCUT2D eigenvalue weighted by Gasteiger charge is -2.37. The van der Waals surface area contributed by atoms with Crippen LogP contribution in [0.5, 0.6) is 5.75 Å². The van der Waals surface area contributed by atoms with E-state index in [0.29, 0.717) is 49.0 Å². The lowest BCUT2D eigenvalue weighted by atomic mass is 10.1. The van der Waals surface area contributed by atoms with Crippen molar-refractivity contribution < 1.29 is 14.3 Å². The number of ether oxygens (including phenoxy) is 1. The quantitative estimate of drug-likeness (QED) is 0.524. The minimum absolute atomic E-state index is 0.0479. The van der Waals surface area contributed by atoms with Gasteiger partial charge in [-0.25, -0.2) is 4.98 Å². The van der Waals surface area contributed by atoms with Gasteiger partial charge in [-0.3, -0.25) is 14.5 Å². The number of benzene rings is 1. The van der Waals surface area contributed by atoms with Gasteiger partial charge in [0.15, 0.2) is 0 Å². The van der Waals surface area contributed by atoms with Crippen molar-refractivity contribution in [2.24, 2.45) is 0 Å². The smallest absolute Gasteiger partial charge is 0.258 e. The fourth-order valence-electron chi connectivity index (χ4n) is 5.01. The van der Waals surface area contributed by atoms with Crippen molar-refractivity contribution in [1.29, 1.82) is 0 Å². The number of carbonyl (C=O) groups excluding carboxylic acids is 2. The molecule has 35 heavy (non-hydrogen) atoms. The zero-order valence-electron chi connectivity index (χ0n) is 19.9. The lowest BCUT2D eigenvalue weighted by Crippen LogP contribution is -2.54. The molecular weight excluding hydrogens is 466 g/mol. The predicted octanol–water partition coefficient (Wildman–Crippen LogP) is 3.34. The maximum Gasteiger partial charge on any atom is 0.258 e. The molecule has 0 bridgehead atoms. The van der Waals surface area contributed by atoms with E-state index in [1.165, 1.54) is 0 Å². The van der Waals surface area contributed by atoms with Crippen LogP contribution in [0.15, 0.2) is 48.8 Å². The van der Waals surface area contributed by atoms with Crippen molar-refractivity contribution in [3.63, 3.8) is 0 Å². The van der Waals surface area contributed by atoms with Crippen molar-refractivity contribution >= 4 is 29.1 Å². The Hall–Kier alpha value is -3.10. The summed E-state index contributed by atoms with van der Waals surface area (Å²) >= 11 is 6.08. The molecule has 0 spiro atoms. The van der Waals surface area contributed by atoms with Crippen LogP contribution in [0.1, 0.15) is 35.8 Å². The van der Waals surface area contributed by atoms with Gasteiger partial charge in [-0.2, -0.15) is 0 Å². The fraction of sp³-hybridized carbons (Fsp3) is 0.423. The summed E-state index contributed by atoms with van der Waals surface area (Å²) in [5, 5.41) is 0.675. The first-order chi connectivity index (χ1) is 17.0. The first kappa shape index (κ1) is 23.6. The predicted molar refractivity (Wildman–Crippen MR) is 134 cm³/mol. The normalized spacial score (nSPS) is 18.9. The van der Waals surface area contributed by atoms with Crippen LogP contribution in [-0.2, 0) is 11.3 Å². The summed E-state index contributed by atoms with van der Waals surface area (Å²) in [6.45, 7) is 6.53. The summed E-state index contributed by atoms with van der Waals surface area (Å²) in [6.07, 6.45) is 5.38. The second-order valence-electron chi connectivity index (χ2n) is 9.03. The highest BCUT2D eigenvalue weighted by atomic mass is 35.5. The van der Waals surface area contributed by atoms with Gasteiger partial charge < -0.3 is 18.9 Å². The molecule has 3 aromatic rings. The van der Waals surface area contributed by atoms with Crippen molar-refractivity contribution in [3.05, 3.63) is 65.1 Å². The average Bonchev–Trinajstić information content (AvgIpc) is 3.51. The molecule has 0 aliphatic carbocycles.